The van der Waals surface area contributed by atoms with E-state index in [1.807, 2.05) is 41.3 Å². The number of benzene rings is 2. The third-order valence-corrected chi connectivity index (χ3v) is 4.28. The topological polar surface area (TPSA) is 32.3 Å². The molecule has 2 aromatic carbocycles. The summed E-state index contributed by atoms with van der Waals surface area (Å²) in [6.45, 7) is 0.705. The summed E-state index contributed by atoms with van der Waals surface area (Å²) in [7, 11) is 0. The summed E-state index contributed by atoms with van der Waals surface area (Å²) in [5.74, 6) is 0.525. The largest absolute Gasteiger partial charge is 0.375 e. The van der Waals surface area contributed by atoms with E-state index in [1.165, 1.54) is 5.56 Å². The first-order chi connectivity index (χ1) is 10.3. The van der Waals surface area contributed by atoms with Gasteiger partial charge in [0.25, 0.3) is 0 Å². The highest BCUT2D eigenvalue weighted by atomic mass is 16.2. The maximum absolute atomic E-state index is 12.6. The summed E-state index contributed by atoms with van der Waals surface area (Å²) in [5, 5.41) is 3.56. The quantitative estimate of drug-likeness (QED) is 0.910. The number of rotatable bonds is 2. The van der Waals surface area contributed by atoms with E-state index in [9.17, 15) is 4.79 Å². The van der Waals surface area contributed by atoms with E-state index < -0.39 is 0 Å². The van der Waals surface area contributed by atoms with Gasteiger partial charge in [0.1, 0.15) is 0 Å². The predicted octanol–water partition coefficient (Wildman–Crippen LogP) is 3.60. The van der Waals surface area contributed by atoms with Crippen LogP contribution in [0.5, 0.6) is 0 Å². The number of fused-ring (bicyclic) bond motifs is 1. The molecule has 1 aliphatic heterocycles. The third kappa shape index (κ3) is 2.29. The zero-order valence-electron chi connectivity index (χ0n) is 11.8. The maximum atomic E-state index is 12.6. The average molecular weight is 278 g/mol. The van der Waals surface area contributed by atoms with Crippen molar-refractivity contribution in [2.45, 2.75) is 18.9 Å². The van der Waals surface area contributed by atoms with Crippen LogP contribution in [0.4, 0.5) is 11.4 Å². The first-order valence-electron chi connectivity index (χ1n) is 7.55. The Kier molecular flexibility index (Phi) is 2.92. The van der Waals surface area contributed by atoms with Gasteiger partial charge >= 0.3 is 0 Å². The minimum atomic E-state index is 0.156. The Balaban J connectivity index is 1.71. The van der Waals surface area contributed by atoms with E-state index in [-0.39, 0.29) is 17.9 Å². The second kappa shape index (κ2) is 4.92. The summed E-state index contributed by atoms with van der Waals surface area (Å²) in [6.07, 6.45) is 2.09. The predicted molar refractivity (Wildman–Crippen MR) is 84.3 cm³/mol. The first-order valence-corrected chi connectivity index (χ1v) is 7.55. The van der Waals surface area contributed by atoms with Crippen LogP contribution in [0.2, 0.25) is 0 Å². The van der Waals surface area contributed by atoms with Crippen LogP contribution in [0.15, 0.2) is 54.6 Å². The molecule has 1 aliphatic carbocycles. The second-order valence-corrected chi connectivity index (χ2v) is 5.85. The van der Waals surface area contributed by atoms with Gasteiger partial charge in [0, 0.05) is 5.92 Å². The molecule has 0 radical (unpaired) electrons. The summed E-state index contributed by atoms with van der Waals surface area (Å²) in [6, 6.07) is 18.6. The molecule has 0 spiro atoms. The molecule has 1 unspecified atom stereocenters. The minimum absolute atomic E-state index is 0.156. The van der Waals surface area contributed by atoms with E-state index in [1.54, 1.807) is 0 Å². The zero-order chi connectivity index (χ0) is 14.2. The van der Waals surface area contributed by atoms with Crippen LogP contribution in [0.1, 0.15) is 24.4 Å². The molecule has 0 bridgehead atoms. The van der Waals surface area contributed by atoms with Gasteiger partial charge in [-0.25, -0.2) is 0 Å². The van der Waals surface area contributed by atoms with Crippen molar-refractivity contribution >= 4 is 17.3 Å². The Hall–Kier alpha value is -2.29. The van der Waals surface area contributed by atoms with Gasteiger partial charge in [-0.2, -0.15) is 0 Å². The Morgan fingerprint density at radius 3 is 2.48 bits per heavy atom. The van der Waals surface area contributed by atoms with Gasteiger partial charge in [-0.05, 0) is 30.5 Å². The van der Waals surface area contributed by atoms with Crippen LogP contribution >= 0.6 is 0 Å². The van der Waals surface area contributed by atoms with Crippen LogP contribution in [-0.4, -0.2) is 12.5 Å². The van der Waals surface area contributed by atoms with Gasteiger partial charge < -0.3 is 10.2 Å². The number of para-hydroxylation sites is 2. The molecular weight excluding hydrogens is 260 g/mol. The Morgan fingerprint density at radius 1 is 1.00 bits per heavy atom. The molecule has 0 aromatic heterocycles. The van der Waals surface area contributed by atoms with Gasteiger partial charge in [0.2, 0.25) is 5.91 Å². The molecule has 1 N–H and O–H groups in total. The number of nitrogens with zero attached hydrogens (tertiary/aromatic N) is 1. The Labute approximate surface area is 124 Å². The monoisotopic (exact) mass is 278 g/mol. The van der Waals surface area contributed by atoms with Gasteiger partial charge in [-0.15, -0.1) is 0 Å². The Bertz CT molecular complexity index is 664. The lowest BCUT2D eigenvalue weighted by molar-refractivity contribution is -0.119. The van der Waals surface area contributed by atoms with Crippen molar-refractivity contribution in [2.24, 2.45) is 5.92 Å². The first kappa shape index (κ1) is 12.5. The third-order valence-electron chi connectivity index (χ3n) is 4.28. The number of nitrogens with one attached hydrogen (secondary N) is 1. The number of hydrogen-bond acceptors (Lipinski definition) is 2. The van der Waals surface area contributed by atoms with Gasteiger partial charge in [0.15, 0.2) is 0 Å². The highest BCUT2D eigenvalue weighted by Gasteiger charge is 2.37. The molecule has 1 heterocycles. The molecule has 0 saturated heterocycles. The molecule has 2 aliphatic rings. The maximum Gasteiger partial charge on any atom is 0.230 e. The van der Waals surface area contributed by atoms with Crippen LogP contribution in [0.3, 0.4) is 0 Å². The summed E-state index contributed by atoms with van der Waals surface area (Å²) in [5.41, 5.74) is 3.29. The van der Waals surface area contributed by atoms with Gasteiger partial charge in [0.05, 0.1) is 24.0 Å². The molecule has 1 amide bonds. The lowest BCUT2D eigenvalue weighted by Crippen LogP contribution is -2.41. The molecule has 4 rings (SSSR count). The summed E-state index contributed by atoms with van der Waals surface area (Å²) < 4.78 is 0. The number of carbonyl (C=O) groups is 1. The van der Waals surface area contributed by atoms with Crippen LogP contribution in [0, 0.1) is 5.92 Å². The molecular formula is C18H18N2O. The molecule has 1 atom stereocenters. The van der Waals surface area contributed by atoms with Crippen molar-refractivity contribution in [3.05, 3.63) is 60.2 Å². The average Bonchev–Trinajstić information content (AvgIpc) is 3.39. The number of carbonyl (C=O) groups excluding carboxylic acids is 1. The van der Waals surface area contributed by atoms with Gasteiger partial charge in [-0.3, -0.25) is 4.79 Å². The normalized spacial score (nSPS) is 20.6. The van der Waals surface area contributed by atoms with Crippen molar-refractivity contribution in [3.63, 3.8) is 0 Å². The minimum Gasteiger partial charge on any atom is -0.375 e. The van der Waals surface area contributed by atoms with Crippen molar-refractivity contribution in [2.75, 3.05) is 16.8 Å². The smallest absolute Gasteiger partial charge is 0.230 e. The molecule has 106 valence electrons. The summed E-state index contributed by atoms with van der Waals surface area (Å²) >= 11 is 0. The van der Waals surface area contributed by atoms with Crippen molar-refractivity contribution in [3.8, 4) is 0 Å². The molecule has 3 nitrogen and oxygen atoms in total. The van der Waals surface area contributed by atoms with E-state index in [2.05, 4.69) is 23.5 Å². The van der Waals surface area contributed by atoms with Crippen molar-refractivity contribution < 1.29 is 4.79 Å². The van der Waals surface area contributed by atoms with E-state index in [4.69, 9.17) is 0 Å². The zero-order valence-corrected chi connectivity index (χ0v) is 11.8. The SMILES string of the molecule is O=C(C1CC1)N1CC(c2ccccc2)Nc2ccccc21. The fraction of sp³-hybridized carbons (Fsp3) is 0.278. The number of anilines is 2. The van der Waals surface area contributed by atoms with Crippen LogP contribution < -0.4 is 10.2 Å². The fourth-order valence-corrected chi connectivity index (χ4v) is 2.98. The van der Waals surface area contributed by atoms with E-state index in [0.717, 1.165) is 24.2 Å². The van der Waals surface area contributed by atoms with Crippen LogP contribution in [-0.2, 0) is 4.79 Å². The highest BCUT2D eigenvalue weighted by Crippen LogP contribution is 2.39. The second-order valence-electron chi connectivity index (χ2n) is 5.85. The van der Waals surface area contributed by atoms with Crippen molar-refractivity contribution in [1.29, 1.82) is 0 Å². The van der Waals surface area contributed by atoms with Gasteiger partial charge in [-0.1, -0.05) is 42.5 Å². The fourth-order valence-electron chi connectivity index (χ4n) is 2.98. The Morgan fingerprint density at radius 2 is 1.71 bits per heavy atom. The van der Waals surface area contributed by atoms with Crippen molar-refractivity contribution in [1.82, 2.24) is 0 Å². The molecule has 3 heteroatoms. The number of hydrogen-bond donors (Lipinski definition) is 1. The molecule has 2 aromatic rings. The molecule has 1 fully saturated rings. The molecule has 21 heavy (non-hydrogen) atoms. The standard InChI is InChI=1S/C18H18N2O/c21-18(14-10-11-14)20-12-16(13-6-2-1-3-7-13)19-15-8-4-5-9-17(15)20/h1-9,14,16,19H,10-12H2. The highest BCUT2D eigenvalue weighted by molar-refractivity contribution is 6.00. The lowest BCUT2D eigenvalue weighted by atomic mass is 10.0. The van der Waals surface area contributed by atoms with E-state index in [0.29, 0.717) is 6.54 Å². The lowest BCUT2D eigenvalue weighted by Gasteiger charge is -2.36. The number of amides is 1. The molecule has 1 saturated carbocycles. The summed E-state index contributed by atoms with van der Waals surface area (Å²) in [4.78, 5) is 14.6. The van der Waals surface area contributed by atoms with Crippen LogP contribution in [0.25, 0.3) is 0 Å². The van der Waals surface area contributed by atoms with E-state index >= 15 is 0 Å².